The number of anilines is 2. The van der Waals surface area contributed by atoms with Crippen LogP contribution >= 0.6 is 11.6 Å². The number of carbonyl (C=O) groups excluding carboxylic acids is 1. The summed E-state index contributed by atoms with van der Waals surface area (Å²) in [6.07, 6.45) is 0.758. The molecule has 1 amide bonds. The number of rotatable bonds is 9. The van der Waals surface area contributed by atoms with Crippen LogP contribution in [0.5, 0.6) is 5.75 Å². The number of amides is 1. The topological polar surface area (TPSA) is 132 Å². The van der Waals surface area contributed by atoms with E-state index in [2.05, 4.69) is 25.6 Å². The minimum absolute atomic E-state index is 0.190. The molecule has 3 aromatic carbocycles. The van der Waals surface area contributed by atoms with Gasteiger partial charge in [-0.3, -0.25) is 9.59 Å². The quantitative estimate of drug-likeness (QED) is 0.187. The third-order valence-corrected chi connectivity index (χ3v) is 6.09. The maximum Gasteiger partial charge on any atom is 0.262 e. The van der Waals surface area contributed by atoms with Gasteiger partial charge in [-0.15, -0.1) is 0 Å². The standard InChI is InChI=1S/C28H24ClN5O4/c29-18-9-11-19(12-10-18)38-16-24(36)32-21-7-4-8-22-26(21)34-27(33-22)25-20(13-14-30-28(25)37)31-15-23(35)17-5-2-1-3-6-17/h1-14,23,35H,15-16H2,(H,32,36)(H,33,34)(H2,30,31,37)/t23-/m0/s1. The highest BCUT2D eigenvalue weighted by Gasteiger charge is 2.17. The number of halogens is 1. The summed E-state index contributed by atoms with van der Waals surface area (Å²) in [4.78, 5) is 35.8. The Morgan fingerprint density at radius 2 is 1.79 bits per heavy atom. The lowest BCUT2D eigenvalue weighted by molar-refractivity contribution is -0.118. The molecule has 5 rings (SSSR count). The van der Waals surface area contributed by atoms with Crippen molar-refractivity contribution in [1.29, 1.82) is 0 Å². The molecule has 0 saturated heterocycles. The van der Waals surface area contributed by atoms with Crippen molar-refractivity contribution in [2.75, 3.05) is 23.8 Å². The van der Waals surface area contributed by atoms with Crippen LogP contribution in [0.2, 0.25) is 5.02 Å². The van der Waals surface area contributed by atoms with Crippen LogP contribution in [0.25, 0.3) is 22.4 Å². The van der Waals surface area contributed by atoms with Gasteiger partial charge in [-0.2, -0.15) is 0 Å². The molecule has 2 aromatic heterocycles. The number of nitrogens with one attached hydrogen (secondary N) is 4. The molecule has 0 aliphatic heterocycles. The minimum Gasteiger partial charge on any atom is -0.484 e. The number of fused-ring (bicyclic) bond motifs is 1. The maximum atomic E-state index is 12.8. The largest absolute Gasteiger partial charge is 0.484 e. The van der Waals surface area contributed by atoms with E-state index < -0.39 is 6.10 Å². The molecule has 10 heteroatoms. The zero-order chi connectivity index (χ0) is 26.5. The van der Waals surface area contributed by atoms with Gasteiger partial charge in [0.05, 0.1) is 23.0 Å². The van der Waals surface area contributed by atoms with Gasteiger partial charge in [-0.25, -0.2) is 4.98 Å². The summed E-state index contributed by atoms with van der Waals surface area (Å²) in [7, 11) is 0. The lowest BCUT2D eigenvalue weighted by Gasteiger charge is -2.14. The van der Waals surface area contributed by atoms with Gasteiger partial charge in [-0.1, -0.05) is 48.0 Å². The molecule has 1 atom stereocenters. The molecular formula is C28H24ClN5O4. The molecule has 9 nitrogen and oxygen atoms in total. The number of imidazole rings is 1. The fourth-order valence-corrected chi connectivity index (χ4v) is 4.10. The van der Waals surface area contributed by atoms with Gasteiger partial charge in [0.2, 0.25) is 0 Å². The summed E-state index contributed by atoms with van der Waals surface area (Å²) in [5.74, 6) is 0.468. The zero-order valence-corrected chi connectivity index (χ0v) is 20.8. The molecule has 192 valence electrons. The number of benzene rings is 3. The molecule has 0 aliphatic carbocycles. The maximum absolute atomic E-state index is 12.8. The molecular weight excluding hydrogens is 506 g/mol. The Bertz CT molecular complexity index is 1620. The smallest absolute Gasteiger partial charge is 0.262 e. The third-order valence-electron chi connectivity index (χ3n) is 5.84. The Hall–Kier alpha value is -4.60. The molecule has 0 radical (unpaired) electrons. The SMILES string of the molecule is O=C(COc1ccc(Cl)cc1)Nc1cccc2[nH]c(-c3c(NC[C@H](O)c4ccccc4)cc[nH]c3=O)nc12. The van der Waals surface area contributed by atoms with E-state index in [-0.39, 0.29) is 30.2 Å². The van der Waals surface area contributed by atoms with Crippen LogP contribution in [-0.4, -0.2) is 39.1 Å². The highest BCUT2D eigenvalue weighted by molar-refractivity contribution is 6.30. The highest BCUT2D eigenvalue weighted by Crippen LogP contribution is 2.28. The van der Waals surface area contributed by atoms with E-state index in [1.807, 2.05) is 30.3 Å². The summed E-state index contributed by atoms with van der Waals surface area (Å²) < 4.78 is 5.52. The molecule has 0 aliphatic rings. The van der Waals surface area contributed by atoms with E-state index in [0.717, 1.165) is 5.56 Å². The summed E-state index contributed by atoms with van der Waals surface area (Å²) in [6, 6.07) is 23.0. The van der Waals surface area contributed by atoms with E-state index in [4.69, 9.17) is 16.3 Å². The van der Waals surface area contributed by atoms with Crippen LogP contribution in [0.3, 0.4) is 0 Å². The molecule has 2 heterocycles. The van der Waals surface area contributed by atoms with Gasteiger partial charge in [0.25, 0.3) is 11.5 Å². The summed E-state index contributed by atoms with van der Waals surface area (Å²) >= 11 is 5.88. The number of aliphatic hydroxyl groups excluding tert-OH is 1. The molecule has 38 heavy (non-hydrogen) atoms. The lowest BCUT2D eigenvalue weighted by atomic mass is 10.1. The summed E-state index contributed by atoms with van der Waals surface area (Å²) in [5, 5.41) is 17.1. The number of ether oxygens (including phenoxy) is 1. The number of carbonyl (C=O) groups is 1. The van der Waals surface area contributed by atoms with Crippen LogP contribution in [0.1, 0.15) is 11.7 Å². The summed E-state index contributed by atoms with van der Waals surface area (Å²) in [6.45, 7) is -0.0128. The first-order valence-corrected chi connectivity index (χ1v) is 12.2. The third kappa shape index (κ3) is 5.69. The van der Waals surface area contributed by atoms with Crippen molar-refractivity contribution in [1.82, 2.24) is 15.0 Å². The predicted octanol–water partition coefficient (Wildman–Crippen LogP) is 4.73. The van der Waals surface area contributed by atoms with Gasteiger partial charge in [0.1, 0.15) is 22.7 Å². The Morgan fingerprint density at radius 3 is 2.58 bits per heavy atom. The first kappa shape index (κ1) is 25.1. The average Bonchev–Trinajstić information content (AvgIpc) is 3.37. The van der Waals surface area contributed by atoms with Gasteiger partial charge in [-0.05, 0) is 48.0 Å². The van der Waals surface area contributed by atoms with Gasteiger partial charge >= 0.3 is 0 Å². The van der Waals surface area contributed by atoms with Crippen LogP contribution in [0, 0.1) is 0 Å². The molecule has 5 aromatic rings. The monoisotopic (exact) mass is 529 g/mol. The number of H-pyrrole nitrogens is 2. The Kier molecular flexibility index (Phi) is 7.39. The van der Waals surface area contributed by atoms with Crippen molar-refractivity contribution < 1.29 is 14.6 Å². The van der Waals surface area contributed by atoms with E-state index in [9.17, 15) is 14.7 Å². The Balaban J connectivity index is 1.35. The van der Waals surface area contributed by atoms with Crippen molar-refractivity contribution in [2.24, 2.45) is 0 Å². The van der Waals surface area contributed by atoms with Gasteiger partial charge < -0.3 is 30.4 Å². The van der Waals surface area contributed by atoms with Gasteiger partial charge in [0, 0.05) is 17.8 Å². The average molecular weight is 530 g/mol. The number of para-hydroxylation sites is 1. The molecule has 0 spiro atoms. The molecule has 0 bridgehead atoms. The second-order valence-electron chi connectivity index (χ2n) is 8.48. The van der Waals surface area contributed by atoms with E-state index in [1.54, 1.807) is 48.5 Å². The number of hydrogen-bond acceptors (Lipinski definition) is 6. The van der Waals surface area contributed by atoms with Crippen molar-refractivity contribution in [2.45, 2.75) is 6.10 Å². The lowest BCUT2D eigenvalue weighted by Crippen LogP contribution is -2.20. The van der Waals surface area contributed by atoms with E-state index in [1.165, 1.54) is 6.20 Å². The minimum atomic E-state index is -0.768. The molecule has 0 fully saturated rings. The fraction of sp³-hybridized carbons (Fsp3) is 0.107. The van der Waals surface area contributed by atoms with Crippen molar-refractivity contribution >= 4 is 39.9 Å². The number of aromatic amines is 2. The van der Waals surface area contributed by atoms with Crippen LogP contribution in [0.4, 0.5) is 11.4 Å². The normalized spacial score (nSPS) is 11.7. The second kappa shape index (κ2) is 11.2. The number of nitrogens with zero attached hydrogens (tertiary/aromatic N) is 1. The molecule has 0 saturated carbocycles. The molecule has 5 N–H and O–H groups in total. The fourth-order valence-electron chi connectivity index (χ4n) is 3.98. The van der Waals surface area contributed by atoms with E-state index >= 15 is 0 Å². The van der Waals surface area contributed by atoms with Gasteiger partial charge in [0.15, 0.2) is 6.61 Å². The predicted molar refractivity (Wildman–Crippen MR) is 148 cm³/mol. The number of aromatic nitrogens is 3. The summed E-state index contributed by atoms with van der Waals surface area (Å²) in [5.41, 5.74) is 2.78. The molecule has 0 unspecified atom stereocenters. The van der Waals surface area contributed by atoms with Crippen LogP contribution in [0.15, 0.2) is 89.9 Å². The first-order chi connectivity index (χ1) is 18.5. The van der Waals surface area contributed by atoms with Crippen LogP contribution in [-0.2, 0) is 4.79 Å². The van der Waals surface area contributed by atoms with Crippen LogP contribution < -0.4 is 20.9 Å². The highest BCUT2D eigenvalue weighted by atomic mass is 35.5. The second-order valence-corrected chi connectivity index (χ2v) is 8.92. The van der Waals surface area contributed by atoms with E-state index in [0.29, 0.717) is 39.0 Å². The van der Waals surface area contributed by atoms with Crippen molar-refractivity contribution in [3.05, 3.63) is 106 Å². The number of pyridine rings is 1. The zero-order valence-electron chi connectivity index (χ0n) is 20.1. The Labute approximate surface area is 222 Å². The number of hydrogen-bond donors (Lipinski definition) is 5. The van der Waals surface area contributed by atoms with Crippen molar-refractivity contribution in [3.8, 4) is 17.1 Å². The first-order valence-electron chi connectivity index (χ1n) is 11.8. The Morgan fingerprint density at radius 1 is 1.00 bits per heavy atom. The van der Waals surface area contributed by atoms with Crippen molar-refractivity contribution in [3.63, 3.8) is 0 Å². The number of aliphatic hydroxyl groups is 1.